The molecule has 0 spiro atoms. The van der Waals surface area contributed by atoms with Crippen LogP contribution >= 0.6 is 35.3 Å². The van der Waals surface area contributed by atoms with Crippen molar-refractivity contribution in [2.24, 2.45) is 4.99 Å². The van der Waals surface area contributed by atoms with Gasteiger partial charge in [-0.3, -0.25) is 4.99 Å². The van der Waals surface area contributed by atoms with Crippen LogP contribution in [0.2, 0.25) is 0 Å². The molecule has 7 nitrogen and oxygen atoms in total. The van der Waals surface area contributed by atoms with Gasteiger partial charge in [-0.05, 0) is 31.2 Å². The number of guanidine groups is 1. The second-order valence-corrected chi connectivity index (χ2v) is 7.97. The second kappa shape index (κ2) is 12.3. The molecule has 1 aliphatic rings. The Bertz CT molecular complexity index is 772. The number of anilines is 1. The fourth-order valence-corrected chi connectivity index (χ4v) is 3.92. The van der Waals surface area contributed by atoms with E-state index in [2.05, 4.69) is 59.8 Å². The van der Waals surface area contributed by atoms with Gasteiger partial charge in [-0.2, -0.15) is 0 Å². The monoisotopic (exact) mass is 529 g/mol. The Morgan fingerprint density at radius 3 is 2.69 bits per heavy atom. The number of nitrogens with zero attached hydrogens (tertiary/aromatic N) is 5. The predicted octanol–water partition coefficient (Wildman–Crippen LogP) is 2.51. The third kappa shape index (κ3) is 7.38. The van der Waals surface area contributed by atoms with Gasteiger partial charge in [0.05, 0.1) is 10.7 Å². The lowest BCUT2D eigenvalue weighted by Gasteiger charge is -2.34. The number of aryl methyl sites for hydroxylation is 1. The highest BCUT2D eigenvalue weighted by molar-refractivity contribution is 14.0. The van der Waals surface area contributed by atoms with Crippen molar-refractivity contribution >= 4 is 47.1 Å². The van der Waals surface area contributed by atoms with Gasteiger partial charge in [0.25, 0.3) is 0 Å². The molecule has 0 unspecified atom stereocenters. The van der Waals surface area contributed by atoms with Gasteiger partial charge in [0, 0.05) is 64.3 Å². The van der Waals surface area contributed by atoms with Crippen molar-refractivity contribution in [2.75, 3.05) is 51.2 Å². The maximum Gasteiger partial charge on any atom is 0.191 e. The van der Waals surface area contributed by atoms with Crippen LogP contribution in [0.1, 0.15) is 23.2 Å². The van der Waals surface area contributed by atoms with E-state index in [9.17, 15) is 0 Å². The van der Waals surface area contributed by atoms with Crippen molar-refractivity contribution in [3.63, 3.8) is 0 Å². The van der Waals surface area contributed by atoms with Crippen molar-refractivity contribution in [1.82, 2.24) is 25.5 Å². The van der Waals surface area contributed by atoms with Crippen LogP contribution in [-0.4, -0.2) is 67.1 Å². The Hall–Kier alpha value is -1.46. The Labute approximate surface area is 195 Å². The van der Waals surface area contributed by atoms with Crippen LogP contribution in [-0.2, 0) is 13.0 Å². The minimum Gasteiger partial charge on any atom is -0.356 e. The molecule has 1 saturated heterocycles. The van der Waals surface area contributed by atoms with Gasteiger partial charge in [0.2, 0.25) is 0 Å². The van der Waals surface area contributed by atoms with E-state index in [0.717, 1.165) is 74.7 Å². The molecule has 0 bridgehead atoms. The number of aromatic nitrogens is 2. The van der Waals surface area contributed by atoms with E-state index in [0.29, 0.717) is 0 Å². The number of rotatable bonds is 7. The van der Waals surface area contributed by atoms with Crippen LogP contribution < -0.4 is 15.5 Å². The molecule has 160 valence electrons. The number of halogens is 1. The van der Waals surface area contributed by atoms with Crippen LogP contribution in [0.15, 0.2) is 28.7 Å². The van der Waals surface area contributed by atoms with Crippen molar-refractivity contribution in [1.29, 1.82) is 0 Å². The Morgan fingerprint density at radius 1 is 1.24 bits per heavy atom. The SMILES string of the molecule is CCN1CCN(c2cc(CNC(=NC)NCCc3csc(C)n3)ccn2)CC1.I. The average Bonchev–Trinajstić information content (AvgIpc) is 3.16. The van der Waals surface area contributed by atoms with Crippen LogP contribution in [0.25, 0.3) is 0 Å². The van der Waals surface area contributed by atoms with E-state index in [1.807, 2.05) is 13.1 Å². The molecule has 1 aliphatic heterocycles. The standard InChI is InChI=1S/C20H31N7S.HI/c1-4-26-9-11-27(12-10-26)19-13-17(5-7-22-19)14-24-20(21-3)23-8-6-18-15-28-16(2)25-18;/h5,7,13,15H,4,6,8-12,14H2,1-3H3,(H2,21,23,24);1H. The molecule has 0 atom stereocenters. The molecule has 2 aromatic heterocycles. The smallest absolute Gasteiger partial charge is 0.191 e. The summed E-state index contributed by atoms with van der Waals surface area (Å²) in [7, 11) is 1.80. The van der Waals surface area contributed by atoms with Gasteiger partial charge >= 0.3 is 0 Å². The maximum atomic E-state index is 4.57. The molecular formula is C20H32IN7S. The summed E-state index contributed by atoms with van der Waals surface area (Å²) in [5.41, 5.74) is 2.34. The number of aliphatic imine (C=N–C) groups is 1. The second-order valence-electron chi connectivity index (χ2n) is 6.90. The highest BCUT2D eigenvalue weighted by Gasteiger charge is 2.16. The Morgan fingerprint density at radius 2 is 2.03 bits per heavy atom. The average molecular weight is 529 g/mol. The maximum absolute atomic E-state index is 4.57. The van der Waals surface area contributed by atoms with Gasteiger partial charge in [-0.25, -0.2) is 9.97 Å². The summed E-state index contributed by atoms with van der Waals surface area (Å²) in [5.74, 6) is 1.87. The molecule has 2 aromatic rings. The van der Waals surface area contributed by atoms with Gasteiger partial charge in [-0.15, -0.1) is 35.3 Å². The van der Waals surface area contributed by atoms with Gasteiger partial charge in [-0.1, -0.05) is 6.92 Å². The normalized spacial score (nSPS) is 15.1. The zero-order chi connectivity index (χ0) is 19.8. The Kier molecular flexibility index (Phi) is 10.1. The largest absolute Gasteiger partial charge is 0.356 e. The number of likely N-dealkylation sites (N-methyl/N-ethyl adjacent to an activating group) is 1. The number of nitrogens with one attached hydrogen (secondary N) is 2. The molecule has 3 heterocycles. The Balaban J connectivity index is 0.00000300. The number of piperazine rings is 1. The highest BCUT2D eigenvalue weighted by atomic mass is 127. The summed E-state index contributed by atoms with van der Waals surface area (Å²) in [5, 5.41) is 9.98. The summed E-state index contributed by atoms with van der Waals surface area (Å²) in [4.78, 5) is 18.2. The number of thiazole rings is 1. The van der Waals surface area contributed by atoms with Gasteiger partial charge in [0.1, 0.15) is 5.82 Å². The summed E-state index contributed by atoms with van der Waals surface area (Å²) < 4.78 is 0. The van der Waals surface area contributed by atoms with Crippen molar-refractivity contribution in [2.45, 2.75) is 26.8 Å². The molecule has 0 amide bonds. The van der Waals surface area contributed by atoms with E-state index in [1.54, 1.807) is 18.4 Å². The quantitative estimate of drug-likeness (QED) is 0.327. The lowest BCUT2D eigenvalue weighted by atomic mass is 10.2. The molecule has 2 N–H and O–H groups in total. The molecule has 9 heteroatoms. The third-order valence-electron chi connectivity index (χ3n) is 4.98. The molecular weight excluding hydrogens is 497 g/mol. The summed E-state index contributed by atoms with van der Waals surface area (Å²) >= 11 is 1.69. The van der Waals surface area contributed by atoms with Crippen LogP contribution in [0.3, 0.4) is 0 Å². The van der Waals surface area contributed by atoms with E-state index >= 15 is 0 Å². The lowest BCUT2D eigenvalue weighted by Crippen LogP contribution is -2.46. The zero-order valence-corrected chi connectivity index (χ0v) is 20.7. The molecule has 0 aliphatic carbocycles. The fourth-order valence-electron chi connectivity index (χ4n) is 3.28. The van der Waals surface area contributed by atoms with Gasteiger partial charge in [0.15, 0.2) is 5.96 Å². The first-order valence-electron chi connectivity index (χ1n) is 9.95. The highest BCUT2D eigenvalue weighted by Crippen LogP contribution is 2.15. The molecule has 29 heavy (non-hydrogen) atoms. The molecule has 1 fully saturated rings. The van der Waals surface area contributed by atoms with Gasteiger partial charge < -0.3 is 20.4 Å². The first-order valence-corrected chi connectivity index (χ1v) is 10.8. The lowest BCUT2D eigenvalue weighted by molar-refractivity contribution is 0.270. The molecule has 0 saturated carbocycles. The van der Waals surface area contributed by atoms with Crippen molar-refractivity contribution < 1.29 is 0 Å². The summed E-state index contributed by atoms with van der Waals surface area (Å²) in [6, 6.07) is 4.24. The number of pyridine rings is 1. The molecule has 3 rings (SSSR count). The number of hydrogen-bond acceptors (Lipinski definition) is 6. The summed E-state index contributed by atoms with van der Waals surface area (Å²) in [6.45, 7) is 11.2. The first kappa shape index (κ1) is 23.8. The van der Waals surface area contributed by atoms with E-state index in [4.69, 9.17) is 0 Å². The fraction of sp³-hybridized carbons (Fsp3) is 0.550. The van der Waals surface area contributed by atoms with E-state index < -0.39 is 0 Å². The van der Waals surface area contributed by atoms with E-state index in [-0.39, 0.29) is 24.0 Å². The molecule has 0 radical (unpaired) electrons. The zero-order valence-electron chi connectivity index (χ0n) is 17.5. The number of hydrogen-bond donors (Lipinski definition) is 2. The minimum atomic E-state index is 0. The topological polar surface area (TPSA) is 68.7 Å². The van der Waals surface area contributed by atoms with Crippen molar-refractivity contribution in [3.05, 3.63) is 40.0 Å². The van der Waals surface area contributed by atoms with Crippen LogP contribution in [0.5, 0.6) is 0 Å². The van der Waals surface area contributed by atoms with Crippen LogP contribution in [0, 0.1) is 6.92 Å². The molecule has 0 aromatic carbocycles. The minimum absolute atomic E-state index is 0. The third-order valence-corrected chi connectivity index (χ3v) is 5.80. The first-order chi connectivity index (χ1) is 13.7. The van der Waals surface area contributed by atoms with E-state index in [1.165, 1.54) is 5.56 Å². The van der Waals surface area contributed by atoms with Crippen LogP contribution in [0.4, 0.5) is 5.82 Å². The summed E-state index contributed by atoms with van der Waals surface area (Å²) in [6.07, 6.45) is 2.80. The van der Waals surface area contributed by atoms with Crippen molar-refractivity contribution in [3.8, 4) is 0 Å². The predicted molar refractivity (Wildman–Crippen MR) is 133 cm³/mol.